The number of ether oxygens (including phenoxy) is 1. The predicted molar refractivity (Wildman–Crippen MR) is 175 cm³/mol. The molecule has 1 aliphatic heterocycles. The van der Waals surface area contributed by atoms with Crippen LogP contribution in [0, 0.1) is 29.2 Å². The molecule has 0 bridgehead atoms. The van der Waals surface area contributed by atoms with E-state index >= 15 is 0 Å². The summed E-state index contributed by atoms with van der Waals surface area (Å²) in [6.07, 6.45) is -3.67. The second kappa shape index (κ2) is 16.1. The number of aliphatic hydroxyl groups excluding tert-OH is 2. The highest BCUT2D eigenvalue weighted by Gasteiger charge is 2.49. The monoisotopic (exact) mass is 707 g/mol. The van der Waals surface area contributed by atoms with Crippen LogP contribution in [0.15, 0.2) is 42.5 Å². The third kappa shape index (κ3) is 8.34. The number of nitrogens with two attached hydrogens (primary N) is 1. The molecule has 16 heteroatoms. The molecule has 0 aromatic heterocycles. The van der Waals surface area contributed by atoms with Crippen molar-refractivity contribution in [1.29, 1.82) is 0 Å². The number of carbonyl (C=O) groups is 2. The Balaban J connectivity index is 1.71. The van der Waals surface area contributed by atoms with Crippen molar-refractivity contribution in [3.05, 3.63) is 82.4 Å². The zero-order valence-electron chi connectivity index (χ0n) is 28.2. The van der Waals surface area contributed by atoms with E-state index in [1.165, 1.54) is 7.11 Å². The second-order valence-corrected chi connectivity index (χ2v) is 12.5. The second-order valence-electron chi connectivity index (χ2n) is 12.5. The molecule has 1 saturated heterocycles. The highest BCUT2D eigenvalue weighted by molar-refractivity contribution is 5.97. The molecule has 3 aromatic rings. The van der Waals surface area contributed by atoms with Crippen molar-refractivity contribution in [1.82, 2.24) is 15.3 Å². The number of likely N-dealkylation sites (N-methyl/N-ethyl adjacent to an activating group) is 1. The van der Waals surface area contributed by atoms with Gasteiger partial charge in [0.05, 0.1) is 26.2 Å². The predicted octanol–water partition coefficient (Wildman–Crippen LogP) is 1.78. The lowest BCUT2D eigenvalue weighted by Crippen LogP contribution is -2.47. The van der Waals surface area contributed by atoms with Gasteiger partial charge >= 0.3 is 0 Å². The largest absolute Gasteiger partial charge is 0.496 e. The Morgan fingerprint density at radius 1 is 1.04 bits per heavy atom. The maximum atomic E-state index is 14.6. The number of benzene rings is 3. The SMILES string of the molecule is COc1c(CN2O[C@@H](CO)[C@H](C(O)O)[C@H]2C(N)=O)cccc1-c1cc(C(=O)N[C@@H](Cc2c(F)c(F)cc(F)c2F)CN(C)C)cc(N(C)C)c1. The number of para-hydroxylation sites is 1. The van der Waals surface area contributed by atoms with E-state index in [4.69, 9.17) is 15.3 Å². The molecule has 6 N–H and O–H groups in total. The van der Waals surface area contributed by atoms with Gasteiger partial charge in [-0.05, 0) is 44.3 Å². The normalized spacial score (nSPS) is 18.5. The lowest BCUT2D eigenvalue weighted by Gasteiger charge is -2.25. The van der Waals surface area contributed by atoms with Gasteiger partial charge in [0.2, 0.25) is 5.91 Å². The lowest BCUT2D eigenvalue weighted by atomic mass is 9.93. The summed E-state index contributed by atoms with van der Waals surface area (Å²) in [6.45, 7) is -0.652. The Hall–Kier alpha value is -4.32. The molecule has 3 aromatic carbocycles. The molecule has 12 nitrogen and oxygen atoms in total. The first-order valence-electron chi connectivity index (χ1n) is 15.5. The van der Waals surface area contributed by atoms with E-state index in [9.17, 15) is 42.5 Å². The summed E-state index contributed by atoms with van der Waals surface area (Å²) in [5.41, 5.74) is 7.01. The number of anilines is 1. The van der Waals surface area contributed by atoms with Gasteiger partial charge in [-0.15, -0.1) is 0 Å². The number of nitrogens with one attached hydrogen (secondary N) is 1. The maximum absolute atomic E-state index is 14.6. The van der Waals surface area contributed by atoms with Crippen LogP contribution >= 0.6 is 0 Å². The number of aliphatic hydroxyl groups is 3. The zero-order chi connectivity index (χ0) is 37.0. The molecule has 0 unspecified atom stereocenters. The van der Waals surface area contributed by atoms with Crippen LogP contribution in [-0.2, 0) is 22.6 Å². The van der Waals surface area contributed by atoms with E-state index < -0.39 is 84.1 Å². The Kier molecular flexibility index (Phi) is 12.4. The Bertz CT molecular complexity index is 1680. The molecule has 0 aliphatic carbocycles. The molecule has 272 valence electrons. The zero-order valence-corrected chi connectivity index (χ0v) is 28.2. The van der Waals surface area contributed by atoms with Gasteiger partial charge in [0.1, 0.15) is 17.9 Å². The van der Waals surface area contributed by atoms with E-state index in [1.807, 2.05) is 0 Å². The number of hydrogen-bond donors (Lipinski definition) is 5. The molecule has 1 aliphatic rings. The number of primary amides is 1. The van der Waals surface area contributed by atoms with Gasteiger partial charge in [-0.2, -0.15) is 5.06 Å². The Morgan fingerprint density at radius 3 is 2.24 bits per heavy atom. The van der Waals surface area contributed by atoms with Crippen LogP contribution in [-0.4, -0.2) is 110 Å². The highest BCUT2D eigenvalue weighted by Crippen LogP contribution is 2.38. The third-order valence-corrected chi connectivity index (χ3v) is 8.40. The molecule has 2 amide bonds. The highest BCUT2D eigenvalue weighted by atomic mass is 19.2. The third-order valence-electron chi connectivity index (χ3n) is 8.40. The van der Waals surface area contributed by atoms with Crippen molar-refractivity contribution < 1.29 is 52.0 Å². The summed E-state index contributed by atoms with van der Waals surface area (Å²) in [6, 6.07) is 7.92. The van der Waals surface area contributed by atoms with Gasteiger partial charge in [-0.25, -0.2) is 17.6 Å². The number of hydroxylamine groups is 2. The van der Waals surface area contributed by atoms with Crippen molar-refractivity contribution >= 4 is 17.5 Å². The summed E-state index contributed by atoms with van der Waals surface area (Å²) in [5.74, 6) is -8.61. The van der Waals surface area contributed by atoms with Gasteiger partial charge in [-0.3, -0.25) is 14.4 Å². The van der Waals surface area contributed by atoms with E-state index in [0.29, 0.717) is 28.1 Å². The molecule has 4 atom stereocenters. The van der Waals surface area contributed by atoms with Gasteiger partial charge in [0.25, 0.3) is 5.91 Å². The molecule has 0 spiro atoms. The Labute approximate surface area is 286 Å². The van der Waals surface area contributed by atoms with Gasteiger partial charge in [-0.1, -0.05) is 18.2 Å². The smallest absolute Gasteiger partial charge is 0.251 e. The fraction of sp³-hybridized carbons (Fsp3) is 0.412. The Morgan fingerprint density at radius 2 is 1.70 bits per heavy atom. The summed E-state index contributed by atoms with van der Waals surface area (Å²) in [4.78, 5) is 35.2. The molecule has 0 saturated carbocycles. The first-order valence-corrected chi connectivity index (χ1v) is 15.5. The summed E-state index contributed by atoms with van der Waals surface area (Å²) >= 11 is 0. The maximum Gasteiger partial charge on any atom is 0.251 e. The van der Waals surface area contributed by atoms with Crippen LogP contribution in [0.2, 0.25) is 0 Å². The lowest BCUT2D eigenvalue weighted by molar-refractivity contribution is -0.182. The number of hydrogen-bond acceptors (Lipinski definition) is 10. The summed E-state index contributed by atoms with van der Waals surface area (Å²) < 4.78 is 62.9. The van der Waals surface area contributed by atoms with Crippen LogP contribution in [0.4, 0.5) is 23.2 Å². The van der Waals surface area contributed by atoms with Crippen molar-refractivity contribution in [2.75, 3.05) is 53.4 Å². The molecular formula is C34H41F4N5O7. The van der Waals surface area contributed by atoms with E-state index in [2.05, 4.69) is 5.32 Å². The number of nitrogens with zero attached hydrogens (tertiary/aromatic N) is 3. The van der Waals surface area contributed by atoms with Crippen molar-refractivity contribution in [2.45, 2.75) is 37.4 Å². The minimum atomic E-state index is -2.01. The first kappa shape index (κ1) is 38.5. The molecule has 0 radical (unpaired) electrons. The van der Waals surface area contributed by atoms with E-state index in [1.54, 1.807) is 74.4 Å². The number of amides is 2. The van der Waals surface area contributed by atoms with E-state index in [-0.39, 0.29) is 24.7 Å². The van der Waals surface area contributed by atoms with Crippen LogP contribution < -0.4 is 20.7 Å². The van der Waals surface area contributed by atoms with Gasteiger partial charge < -0.3 is 40.9 Å². The number of methoxy groups -OCH3 is 1. The molecule has 4 rings (SSSR count). The topological polar surface area (TPSA) is 161 Å². The standard InChI is InChI=1S/C34H41F4N5O7/c1-41(2)15-20(12-23-28(37)24(35)13-25(36)29(23)38)40-33(46)19-9-18(10-21(11-19)42(3)4)22-8-6-7-17(31(22)49-5)14-43-30(32(39)45)27(34(47)48)26(16-44)50-43/h6-11,13,20,26-27,30,34,44,47-48H,12,14-16H2,1-5H3,(H2,39,45)(H,40,46)/t20-,26-,27-,30-/m0/s1. The van der Waals surface area contributed by atoms with Crippen molar-refractivity contribution in [2.24, 2.45) is 11.7 Å². The fourth-order valence-electron chi connectivity index (χ4n) is 6.10. The van der Waals surface area contributed by atoms with Crippen LogP contribution in [0.25, 0.3) is 11.1 Å². The van der Waals surface area contributed by atoms with Crippen molar-refractivity contribution in [3.8, 4) is 16.9 Å². The summed E-state index contributed by atoms with van der Waals surface area (Å²) in [7, 11) is 8.25. The van der Waals surface area contributed by atoms with Crippen LogP contribution in [0.5, 0.6) is 5.75 Å². The van der Waals surface area contributed by atoms with Crippen molar-refractivity contribution in [3.63, 3.8) is 0 Å². The molecular weight excluding hydrogens is 666 g/mol. The average Bonchev–Trinajstić information content (AvgIpc) is 3.44. The van der Waals surface area contributed by atoms with Crippen LogP contribution in [0.1, 0.15) is 21.5 Å². The quantitative estimate of drug-likeness (QED) is 0.0950. The average molecular weight is 708 g/mol. The minimum Gasteiger partial charge on any atom is -0.496 e. The first-order chi connectivity index (χ1) is 23.6. The van der Waals surface area contributed by atoms with Gasteiger partial charge in [0, 0.05) is 60.7 Å². The fourth-order valence-corrected chi connectivity index (χ4v) is 6.10. The van der Waals surface area contributed by atoms with E-state index in [0.717, 1.165) is 5.06 Å². The molecule has 1 fully saturated rings. The van der Waals surface area contributed by atoms with Gasteiger partial charge in [0.15, 0.2) is 29.6 Å². The molecule has 1 heterocycles. The summed E-state index contributed by atoms with van der Waals surface area (Å²) in [5, 5.41) is 33.5. The molecule has 50 heavy (non-hydrogen) atoms. The number of carbonyl (C=O) groups excluding carboxylic acids is 2. The number of halogens is 4. The number of rotatable bonds is 14. The van der Waals surface area contributed by atoms with Crippen LogP contribution in [0.3, 0.4) is 0 Å². The minimum absolute atomic E-state index is 0.0784.